The average Bonchev–Trinajstić information content (AvgIpc) is 2.95. The number of carbonyl (C=O) groups excluding carboxylic acids is 1. The van der Waals surface area contributed by atoms with E-state index in [0.29, 0.717) is 29.5 Å². The van der Waals surface area contributed by atoms with Gasteiger partial charge in [-0.3, -0.25) is 4.79 Å². The predicted octanol–water partition coefficient (Wildman–Crippen LogP) is 6.38. The molecule has 41 heavy (non-hydrogen) atoms. The fourth-order valence-corrected chi connectivity index (χ4v) is 5.07. The first-order chi connectivity index (χ1) is 19.5. The molecule has 7 nitrogen and oxygen atoms in total. The van der Waals surface area contributed by atoms with Gasteiger partial charge in [-0.15, -0.1) is 13.2 Å². The summed E-state index contributed by atoms with van der Waals surface area (Å²) in [6.45, 7) is 7.18. The molecule has 4 N–H and O–H groups in total. The van der Waals surface area contributed by atoms with Crippen molar-refractivity contribution in [3.05, 3.63) is 139 Å². The highest BCUT2D eigenvalue weighted by molar-refractivity contribution is 7.91. The molecule has 0 heterocycles. The fourth-order valence-electron chi connectivity index (χ4n) is 3.71. The summed E-state index contributed by atoms with van der Waals surface area (Å²) in [5, 5.41) is 37.8. The van der Waals surface area contributed by atoms with Crippen LogP contribution in [0, 0.1) is 0 Å². The lowest BCUT2D eigenvalue weighted by molar-refractivity contribution is 0.104. The monoisotopic (exact) mass is 570 g/mol. The van der Waals surface area contributed by atoms with Crippen LogP contribution >= 0.6 is 0 Å². The molecule has 4 rings (SSSR count). The van der Waals surface area contributed by atoms with Crippen molar-refractivity contribution in [1.29, 1.82) is 0 Å². The minimum Gasteiger partial charge on any atom is -0.508 e. The van der Waals surface area contributed by atoms with Crippen LogP contribution in [0.1, 0.15) is 27.0 Å². The second-order valence-electron chi connectivity index (χ2n) is 8.91. The van der Waals surface area contributed by atoms with Crippen LogP contribution in [0.5, 0.6) is 23.0 Å². The van der Waals surface area contributed by atoms with Gasteiger partial charge in [-0.1, -0.05) is 30.4 Å². The van der Waals surface area contributed by atoms with Gasteiger partial charge in [0.2, 0.25) is 9.84 Å². The maximum Gasteiger partial charge on any atom is 0.206 e. The van der Waals surface area contributed by atoms with Crippen molar-refractivity contribution in [2.75, 3.05) is 0 Å². The molecule has 0 aromatic heterocycles. The van der Waals surface area contributed by atoms with E-state index in [-0.39, 0.29) is 38.6 Å². The Labute approximate surface area is 239 Å². The second kappa shape index (κ2) is 13.8. The Hall–Kier alpha value is -5.08. The first-order valence-electron chi connectivity index (χ1n) is 12.5. The Morgan fingerprint density at radius 2 is 1.10 bits per heavy atom. The fraction of sp³-hybridized carbons (Fsp3) is 0.0606. The van der Waals surface area contributed by atoms with Crippen LogP contribution in [0.15, 0.2) is 126 Å². The Kier molecular flexibility index (Phi) is 10.3. The quantitative estimate of drug-likeness (QED) is 0.104. The summed E-state index contributed by atoms with van der Waals surface area (Å²) >= 11 is 0. The van der Waals surface area contributed by atoms with Gasteiger partial charge in [0.05, 0.1) is 9.79 Å². The molecule has 210 valence electrons. The zero-order valence-electron chi connectivity index (χ0n) is 22.1. The first-order valence-corrected chi connectivity index (χ1v) is 13.9. The molecule has 0 aliphatic rings. The van der Waals surface area contributed by atoms with Crippen LogP contribution in [0.2, 0.25) is 0 Å². The zero-order valence-corrected chi connectivity index (χ0v) is 23.0. The van der Waals surface area contributed by atoms with E-state index in [0.717, 1.165) is 5.56 Å². The molecule has 4 aromatic carbocycles. The average molecular weight is 571 g/mol. The molecule has 0 aliphatic heterocycles. The number of carbonyl (C=O) groups is 1. The van der Waals surface area contributed by atoms with Crippen LogP contribution in [-0.4, -0.2) is 34.6 Å². The lowest BCUT2D eigenvalue weighted by Crippen LogP contribution is -2.03. The number of aromatic hydroxyl groups is 4. The van der Waals surface area contributed by atoms with Gasteiger partial charge in [0.15, 0.2) is 5.78 Å². The van der Waals surface area contributed by atoms with E-state index in [1.807, 2.05) is 0 Å². The van der Waals surface area contributed by atoms with Crippen molar-refractivity contribution in [3.63, 3.8) is 0 Å². The maximum atomic E-state index is 12.8. The van der Waals surface area contributed by atoms with E-state index in [4.69, 9.17) is 10.2 Å². The van der Waals surface area contributed by atoms with Crippen LogP contribution < -0.4 is 0 Å². The van der Waals surface area contributed by atoms with Gasteiger partial charge in [0.1, 0.15) is 23.0 Å². The second-order valence-corrected chi connectivity index (χ2v) is 10.9. The third-order valence-corrected chi connectivity index (χ3v) is 7.67. The Morgan fingerprint density at radius 3 is 1.54 bits per heavy atom. The molecule has 0 unspecified atom stereocenters. The molecule has 4 aromatic rings. The lowest BCUT2D eigenvalue weighted by Gasteiger charge is -2.10. The number of hydrogen-bond acceptors (Lipinski definition) is 7. The maximum absolute atomic E-state index is 12.8. The summed E-state index contributed by atoms with van der Waals surface area (Å²) in [7, 11) is -3.74. The number of sulfone groups is 1. The number of benzene rings is 4. The highest BCUT2D eigenvalue weighted by atomic mass is 32.2. The smallest absolute Gasteiger partial charge is 0.206 e. The number of ketones is 1. The van der Waals surface area contributed by atoms with Gasteiger partial charge < -0.3 is 20.4 Å². The van der Waals surface area contributed by atoms with Crippen molar-refractivity contribution in [1.82, 2.24) is 0 Å². The minimum absolute atomic E-state index is 0.0295. The molecule has 0 radical (unpaired) electrons. The Bertz CT molecular complexity index is 1600. The largest absolute Gasteiger partial charge is 0.508 e. The van der Waals surface area contributed by atoms with Gasteiger partial charge in [-0.25, -0.2) is 8.42 Å². The highest BCUT2D eigenvalue weighted by Gasteiger charge is 2.20. The van der Waals surface area contributed by atoms with Crippen molar-refractivity contribution in [2.45, 2.75) is 22.6 Å². The molecular weight excluding hydrogens is 540 g/mol. The van der Waals surface area contributed by atoms with Gasteiger partial charge in [0.25, 0.3) is 0 Å². The molecule has 0 atom stereocenters. The van der Waals surface area contributed by atoms with Gasteiger partial charge in [-0.05, 0) is 108 Å². The molecule has 0 bridgehead atoms. The lowest BCUT2D eigenvalue weighted by atomic mass is 10.1. The number of allylic oxidation sites excluding steroid dienone is 3. The summed E-state index contributed by atoms with van der Waals surface area (Å²) < 4.78 is 25.5. The summed E-state index contributed by atoms with van der Waals surface area (Å²) in [6, 6.07) is 20.9. The Morgan fingerprint density at radius 1 is 0.659 bits per heavy atom. The van der Waals surface area contributed by atoms with E-state index in [1.54, 1.807) is 54.6 Å². The van der Waals surface area contributed by atoms with Gasteiger partial charge in [0, 0.05) is 5.56 Å². The highest BCUT2D eigenvalue weighted by Crippen LogP contribution is 2.29. The van der Waals surface area contributed by atoms with E-state index < -0.39 is 9.84 Å². The van der Waals surface area contributed by atoms with Crippen LogP contribution in [0.3, 0.4) is 0 Å². The first kappa shape index (κ1) is 30.5. The third-order valence-electron chi connectivity index (χ3n) is 5.92. The van der Waals surface area contributed by atoms with Crippen LogP contribution in [0.4, 0.5) is 0 Å². The normalized spacial score (nSPS) is 10.9. The van der Waals surface area contributed by atoms with E-state index >= 15 is 0 Å². The van der Waals surface area contributed by atoms with Crippen LogP contribution in [-0.2, 0) is 22.7 Å². The van der Waals surface area contributed by atoms with Crippen LogP contribution in [0.25, 0.3) is 6.08 Å². The Balaban J connectivity index is 0.000000232. The third kappa shape index (κ3) is 8.20. The number of rotatable bonds is 9. The number of phenolic OH excluding ortho intramolecular Hbond substituents is 4. The summed E-state index contributed by atoms with van der Waals surface area (Å²) in [5.74, 6) is 0.248. The number of phenols is 4. The molecule has 0 saturated heterocycles. The van der Waals surface area contributed by atoms with E-state index in [2.05, 4.69) is 13.2 Å². The molecule has 0 saturated carbocycles. The molecule has 0 amide bonds. The summed E-state index contributed by atoms with van der Waals surface area (Å²) in [6.07, 6.45) is 7.05. The van der Waals surface area contributed by atoms with Crippen molar-refractivity contribution in [2.24, 2.45) is 0 Å². The molecule has 8 heteroatoms. The topological polar surface area (TPSA) is 132 Å². The molecule has 0 fully saturated rings. The van der Waals surface area contributed by atoms with Crippen molar-refractivity contribution < 1.29 is 33.6 Å². The summed E-state index contributed by atoms with van der Waals surface area (Å²) in [5.41, 5.74) is 2.33. The van der Waals surface area contributed by atoms with Crippen molar-refractivity contribution >= 4 is 21.7 Å². The minimum atomic E-state index is -3.74. The molecule has 0 aliphatic carbocycles. The van der Waals surface area contributed by atoms with Gasteiger partial charge >= 0.3 is 0 Å². The molecule has 0 spiro atoms. The zero-order chi connectivity index (χ0) is 30.0. The number of hydrogen-bond donors (Lipinski definition) is 4. The standard InChI is InChI=1S/C18H18O4S.C15H12O3/c1-3-5-13-11-15(7-9-17(13)19)23(21,22)16-8-10-18(20)14(12-16)6-4-2;16-13-6-1-11(2-7-13)3-10-15(18)12-4-8-14(17)9-5-12/h3-4,7-12,19-20H,1-2,5-6H2;1-10,16-17H. The van der Waals surface area contributed by atoms with Crippen molar-refractivity contribution in [3.8, 4) is 23.0 Å². The van der Waals surface area contributed by atoms with E-state index in [1.165, 1.54) is 54.6 Å². The predicted molar refractivity (Wildman–Crippen MR) is 159 cm³/mol. The SMILES string of the molecule is C=CCc1cc(S(=O)(=O)c2ccc(O)c(CC=C)c2)ccc1O.O=C(C=Cc1ccc(O)cc1)c1ccc(O)cc1. The van der Waals surface area contributed by atoms with E-state index in [9.17, 15) is 23.4 Å². The molecular formula is C33H30O7S. The summed E-state index contributed by atoms with van der Waals surface area (Å²) in [4.78, 5) is 11.9. The van der Waals surface area contributed by atoms with Gasteiger partial charge in [-0.2, -0.15) is 0 Å².